The van der Waals surface area contributed by atoms with Crippen LogP contribution in [0.4, 0.5) is 0 Å². The van der Waals surface area contributed by atoms with Crippen molar-refractivity contribution in [1.82, 2.24) is 0 Å². The lowest BCUT2D eigenvalue weighted by Crippen LogP contribution is -2.04. The molecule has 0 spiro atoms. The van der Waals surface area contributed by atoms with Crippen molar-refractivity contribution >= 4 is 0 Å². The Kier molecular flexibility index (Phi) is 3.40. The first kappa shape index (κ1) is 9.67. The van der Waals surface area contributed by atoms with Gasteiger partial charge in [0.25, 0.3) is 0 Å². The van der Waals surface area contributed by atoms with Gasteiger partial charge in [0.1, 0.15) is 5.75 Å². The summed E-state index contributed by atoms with van der Waals surface area (Å²) in [6, 6.07) is 7.57. The topological polar surface area (TPSA) is 9.23 Å². The summed E-state index contributed by atoms with van der Waals surface area (Å²) in [5, 5.41) is 0. The lowest BCUT2D eigenvalue weighted by atomic mass is 10.2. The summed E-state index contributed by atoms with van der Waals surface area (Å²) in [5.74, 6) is 3.99. The predicted octanol–water partition coefficient (Wildman–Crippen LogP) is 2.70. The van der Waals surface area contributed by atoms with E-state index in [9.17, 15) is 0 Å². The van der Waals surface area contributed by atoms with Crippen LogP contribution in [-0.4, -0.2) is 6.61 Å². The van der Waals surface area contributed by atoms with Crippen molar-refractivity contribution in [2.45, 2.75) is 13.8 Å². The molecule has 0 aromatic heterocycles. The number of terminal acetylenes is 1. The third-order valence-corrected chi connectivity index (χ3v) is 1.60. The fourth-order valence-corrected chi connectivity index (χ4v) is 0.910. The van der Waals surface area contributed by atoms with Crippen LogP contribution in [0.1, 0.15) is 19.4 Å². The number of hydrogen-bond donors (Lipinski definition) is 0. The lowest BCUT2D eigenvalue weighted by molar-refractivity contribution is 0.271. The first-order valence-corrected chi connectivity index (χ1v) is 4.42. The summed E-state index contributed by atoms with van der Waals surface area (Å²) in [7, 11) is 0. The van der Waals surface area contributed by atoms with Crippen LogP contribution in [-0.2, 0) is 0 Å². The van der Waals surface area contributed by atoms with Gasteiger partial charge in [0.15, 0.2) is 0 Å². The molecule has 0 amide bonds. The fourth-order valence-electron chi connectivity index (χ4n) is 0.910. The molecule has 0 saturated carbocycles. The van der Waals surface area contributed by atoms with Crippen molar-refractivity contribution in [3.05, 3.63) is 29.8 Å². The molecule has 1 rings (SSSR count). The molecule has 13 heavy (non-hydrogen) atoms. The number of ether oxygens (including phenoxy) is 1. The number of rotatable bonds is 3. The van der Waals surface area contributed by atoms with Crippen LogP contribution in [0, 0.1) is 18.3 Å². The molecule has 0 aliphatic heterocycles. The van der Waals surface area contributed by atoms with Gasteiger partial charge in [0.2, 0.25) is 0 Å². The summed E-state index contributed by atoms with van der Waals surface area (Å²) < 4.78 is 5.50. The third kappa shape index (κ3) is 3.21. The molecule has 1 aromatic carbocycles. The normalized spacial score (nSPS) is 9.69. The molecule has 0 aliphatic rings. The van der Waals surface area contributed by atoms with E-state index < -0.39 is 0 Å². The van der Waals surface area contributed by atoms with Gasteiger partial charge in [-0.15, -0.1) is 6.42 Å². The van der Waals surface area contributed by atoms with E-state index in [0.717, 1.165) is 17.9 Å². The Balaban J connectivity index is 2.55. The van der Waals surface area contributed by atoms with Gasteiger partial charge in [0, 0.05) is 5.56 Å². The van der Waals surface area contributed by atoms with Crippen molar-refractivity contribution in [1.29, 1.82) is 0 Å². The zero-order valence-electron chi connectivity index (χ0n) is 8.08. The van der Waals surface area contributed by atoms with Crippen LogP contribution in [0.3, 0.4) is 0 Å². The van der Waals surface area contributed by atoms with Crippen molar-refractivity contribution in [2.24, 2.45) is 5.92 Å². The molecule has 68 valence electrons. The average molecular weight is 174 g/mol. The first-order valence-electron chi connectivity index (χ1n) is 4.42. The minimum absolute atomic E-state index is 0.548. The second kappa shape index (κ2) is 4.57. The van der Waals surface area contributed by atoms with Gasteiger partial charge in [-0.05, 0) is 30.2 Å². The fraction of sp³-hybridized carbons (Fsp3) is 0.333. The van der Waals surface area contributed by atoms with Crippen LogP contribution in [0.2, 0.25) is 0 Å². The Morgan fingerprint density at radius 2 is 1.92 bits per heavy atom. The van der Waals surface area contributed by atoms with E-state index >= 15 is 0 Å². The molecule has 0 radical (unpaired) electrons. The molecule has 0 aliphatic carbocycles. The van der Waals surface area contributed by atoms with E-state index in [4.69, 9.17) is 11.2 Å². The van der Waals surface area contributed by atoms with Gasteiger partial charge in [-0.1, -0.05) is 19.8 Å². The smallest absolute Gasteiger partial charge is 0.119 e. The monoisotopic (exact) mass is 174 g/mol. The summed E-state index contributed by atoms with van der Waals surface area (Å²) in [4.78, 5) is 0. The zero-order valence-corrected chi connectivity index (χ0v) is 8.08. The lowest BCUT2D eigenvalue weighted by Gasteiger charge is -2.07. The van der Waals surface area contributed by atoms with E-state index in [2.05, 4.69) is 19.8 Å². The van der Waals surface area contributed by atoms with E-state index in [0.29, 0.717) is 5.92 Å². The highest BCUT2D eigenvalue weighted by molar-refractivity contribution is 5.36. The van der Waals surface area contributed by atoms with Gasteiger partial charge in [-0.25, -0.2) is 0 Å². The maximum absolute atomic E-state index is 5.50. The molecule has 0 saturated heterocycles. The van der Waals surface area contributed by atoms with E-state index in [1.165, 1.54) is 0 Å². The number of benzene rings is 1. The van der Waals surface area contributed by atoms with Crippen molar-refractivity contribution < 1.29 is 4.74 Å². The van der Waals surface area contributed by atoms with Gasteiger partial charge in [0.05, 0.1) is 6.61 Å². The Hall–Kier alpha value is -1.42. The minimum Gasteiger partial charge on any atom is -0.493 e. The Labute approximate surface area is 79.7 Å². The van der Waals surface area contributed by atoms with Gasteiger partial charge < -0.3 is 4.74 Å². The summed E-state index contributed by atoms with van der Waals surface area (Å²) in [6.45, 7) is 4.99. The molecule has 0 bridgehead atoms. The summed E-state index contributed by atoms with van der Waals surface area (Å²) in [6.07, 6.45) is 5.23. The van der Waals surface area contributed by atoms with Gasteiger partial charge >= 0.3 is 0 Å². The molecule has 0 unspecified atom stereocenters. The van der Waals surface area contributed by atoms with Crippen LogP contribution >= 0.6 is 0 Å². The largest absolute Gasteiger partial charge is 0.493 e. The van der Waals surface area contributed by atoms with Crippen molar-refractivity contribution in [2.75, 3.05) is 6.61 Å². The highest BCUT2D eigenvalue weighted by Crippen LogP contribution is 2.12. The molecule has 0 heterocycles. The van der Waals surface area contributed by atoms with Crippen molar-refractivity contribution in [3.8, 4) is 18.1 Å². The Morgan fingerprint density at radius 3 is 2.38 bits per heavy atom. The molecule has 1 heteroatoms. The van der Waals surface area contributed by atoms with Crippen molar-refractivity contribution in [3.63, 3.8) is 0 Å². The molecular weight excluding hydrogens is 160 g/mol. The van der Waals surface area contributed by atoms with E-state index in [1.54, 1.807) is 0 Å². The summed E-state index contributed by atoms with van der Waals surface area (Å²) in [5.41, 5.74) is 0.886. The quantitative estimate of drug-likeness (QED) is 0.640. The maximum Gasteiger partial charge on any atom is 0.119 e. The first-order chi connectivity index (χ1) is 6.22. The van der Waals surface area contributed by atoms with Gasteiger partial charge in [-0.3, -0.25) is 0 Å². The second-order valence-electron chi connectivity index (χ2n) is 3.37. The second-order valence-corrected chi connectivity index (χ2v) is 3.37. The van der Waals surface area contributed by atoms with Crippen LogP contribution < -0.4 is 4.74 Å². The van der Waals surface area contributed by atoms with Crippen LogP contribution in [0.25, 0.3) is 0 Å². The standard InChI is InChI=1S/C12H14O/c1-4-11-5-7-12(8-6-11)13-9-10(2)3/h1,5-8,10H,9H2,2-3H3. The van der Waals surface area contributed by atoms with Crippen LogP contribution in [0.15, 0.2) is 24.3 Å². The molecule has 1 aromatic rings. The highest BCUT2D eigenvalue weighted by Gasteiger charge is 1.96. The number of hydrogen-bond acceptors (Lipinski definition) is 1. The Morgan fingerprint density at radius 1 is 1.31 bits per heavy atom. The molecular formula is C12H14O. The highest BCUT2D eigenvalue weighted by atomic mass is 16.5. The SMILES string of the molecule is C#Cc1ccc(OCC(C)C)cc1. The molecule has 1 nitrogen and oxygen atoms in total. The zero-order chi connectivity index (χ0) is 9.68. The maximum atomic E-state index is 5.50. The van der Waals surface area contributed by atoms with E-state index in [-0.39, 0.29) is 0 Å². The molecule has 0 N–H and O–H groups in total. The molecule has 0 atom stereocenters. The van der Waals surface area contributed by atoms with E-state index in [1.807, 2.05) is 24.3 Å². The third-order valence-electron chi connectivity index (χ3n) is 1.60. The van der Waals surface area contributed by atoms with Crippen LogP contribution in [0.5, 0.6) is 5.75 Å². The predicted molar refractivity (Wildman–Crippen MR) is 54.7 cm³/mol. The Bertz CT molecular complexity index is 290. The molecule has 0 fully saturated rings. The van der Waals surface area contributed by atoms with Gasteiger partial charge in [-0.2, -0.15) is 0 Å². The minimum atomic E-state index is 0.548. The summed E-state index contributed by atoms with van der Waals surface area (Å²) >= 11 is 0. The average Bonchev–Trinajstić information content (AvgIpc) is 2.15.